The lowest BCUT2D eigenvalue weighted by molar-refractivity contribution is -0.113. The number of benzene rings is 1. The first-order valence-corrected chi connectivity index (χ1v) is 8.24. The summed E-state index contributed by atoms with van der Waals surface area (Å²) in [5, 5.41) is 10.2. The number of hydrogen-bond donors (Lipinski definition) is 3. The van der Waals surface area contributed by atoms with Crippen LogP contribution in [-0.4, -0.2) is 19.0 Å². The molecule has 1 aliphatic rings. The summed E-state index contributed by atoms with van der Waals surface area (Å²) in [5.41, 5.74) is 1.58. The van der Waals surface area contributed by atoms with Crippen LogP contribution in [0.5, 0.6) is 5.75 Å². The molecule has 1 aliphatic heterocycles. The minimum absolute atomic E-state index is 0.289. The van der Waals surface area contributed by atoms with E-state index in [1.807, 2.05) is 29.6 Å². The van der Waals surface area contributed by atoms with Crippen LogP contribution in [0.3, 0.4) is 0 Å². The second kappa shape index (κ2) is 6.76. The van der Waals surface area contributed by atoms with Gasteiger partial charge in [-0.05, 0) is 30.5 Å². The van der Waals surface area contributed by atoms with Gasteiger partial charge in [-0.15, -0.1) is 11.3 Å². The highest BCUT2D eigenvalue weighted by atomic mass is 32.1. The van der Waals surface area contributed by atoms with Gasteiger partial charge in [0.1, 0.15) is 5.75 Å². The Morgan fingerprint density at radius 3 is 2.75 bits per heavy atom. The zero-order valence-electron chi connectivity index (χ0n) is 13.3. The molecular weight excluding hydrogens is 326 g/mol. The van der Waals surface area contributed by atoms with Crippen molar-refractivity contribution in [2.45, 2.75) is 13.0 Å². The SMILES string of the molecule is COc1ccccc1NC(=O)C1=C(C)NC(=O)NC1c1cccs1. The van der Waals surface area contributed by atoms with E-state index in [1.54, 1.807) is 26.2 Å². The van der Waals surface area contributed by atoms with Gasteiger partial charge in [-0.1, -0.05) is 18.2 Å². The normalized spacial score (nSPS) is 17.1. The van der Waals surface area contributed by atoms with E-state index in [0.717, 1.165) is 4.88 Å². The molecule has 2 heterocycles. The zero-order valence-corrected chi connectivity index (χ0v) is 14.1. The Balaban J connectivity index is 1.93. The smallest absolute Gasteiger partial charge is 0.319 e. The number of thiophene rings is 1. The highest BCUT2D eigenvalue weighted by Crippen LogP contribution is 2.31. The summed E-state index contributed by atoms with van der Waals surface area (Å²) >= 11 is 1.49. The van der Waals surface area contributed by atoms with Crippen molar-refractivity contribution in [3.63, 3.8) is 0 Å². The largest absolute Gasteiger partial charge is 0.495 e. The summed E-state index contributed by atoms with van der Waals surface area (Å²) in [6, 6.07) is 10.2. The predicted octanol–water partition coefficient (Wildman–Crippen LogP) is 3.02. The van der Waals surface area contributed by atoms with Crippen LogP contribution in [0, 0.1) is 0 Å². The lowest BCUT2D eigenvalue weighted by Gasteiger charge is -2.27. The lowest BCUT2D eigenvalue weighted by atomic mass is 10.0. The maximum absolute atomic E-state index is 12.8. The molecule has 7 heteroatoms. The van der Waals surface area contributed by atoms with E-state index in [2.05, 4.69) is 16.0 Å². The minimum atomic E-state index is -0.478. The number of methoxy groups -OCH3 is 1. The molecule has 0 saturated carbocycles. The molecule has 0 spiro atoms. The number of allylic oxidation sites excluding steroid dienone is 1. The van der Waals surface area contributed by atoms with Crippen LogP contribution < -0.4 is 20.7 Å². The molecule has 1 atom stereocenters. The molecule has 1 unspecified atom stereocenters. The quantitative estimate of drug-likeness (QED) is 0.798. The van der Waals surface area contributed by atoms with Crippen molar-refractivity contribution in [3.05, 3.63) is 57.9 Å². The molecule has 1 aromatic carbocycles. The predicted molar refractivity (Wildman–Crippen MR) is 93.1 cm³/mol. The van der Waals surface area contributed by atoms with E-state index in [0.29, 0.717) is 22.7 Å². The van der Waals surface area contributed by atoms with Crippen LogP contribution in [0.4, 0.5) is 10.5 Å². The summed E-state index contributed by atoms with van der Waals surface area (Å²) in [5.74, 6) is 0.285. The van der Waals surface area contributed by atoms with Crippen LogP contribution in [0.25, 0.3) is 0 Å². The number of urea groups is 1. The standard InChI is InChI=1S/C17H17N3O3S/c1-10-14(15(20-17(22)18-10)13-8-5-9-24-13)16(21)19-11-6-3-4-7-12(11)23-2/h3-9,15H,1-2H3,(H,19,21)(H2,18,20,22). The van der Waals surface area contributed by atoms with Gasteiger partial charge in [-0.25, -0.2) is 4.79 Å². The molecular formula is C17H17N3O3S. The zero-order chi connectivity index (χ0) is 17.1. The van der Waals surface area contributed by atoms with Crippen LogP contribution in [0.2, 0.25) is 0 Å². The second-order valence-electron chi connectivity index (χ2n) is 5.24. The number of amides is 3. The molecule has 3 amide bonds. The molecule has 1 aromatic heterocycles. The van der Waals surface area contributed by atoms with Gasteiger partial charge in [0.05, 0.1) is 24.4 Å². The Morgan fingerprint density at radius 1 is 1.25 bits per heavy atom. The number of ether oxygens (including phenoxy) is 1. The molecule has 0 bridgehead atoms. The third-order valence-electron chi connectivity index (χ3n) is 3.70. The van der Waals surface area contributed by atoms with Gasteiger partial charge < -0.3 is 20.7 Å². The van der Waals surface area contributed by atoms with Gasteiger partial charge in [0.2, 0.25) is 0 Å². The third-order valence-corrected chi connectivity index (χ3v) is 4.63. The number of nitrogens with one attached hydrogen (secondary N) is 3. The molecule has 0 radical (unpaired) electrons. The van der Waals surface area contributed by atoms with Crippen LogP contribution in [-0.2, 0) is 4.79 Å². The lowest BCUT2D eigenvalue weighted by Crippen LogP contribution is -2.45. The first kappa shape index (κ1) is 16.1. The summed E-state index contributed by atoms with van der Waals surface area (Å²) in [7, 11) is 1.55. The highest BCUT2D eigenvalue weighted by Gasteiger charge is 2.32. The Kier molecular flexibility index (Phi) is 4.52. The van der Waals surface area contributed by atoms with Crippen LogP contribution in [0.1, 0.15) is 17.8 Å². The molecule has 0 aliphatic carbocycles. The van der Waals surface area contributed by atoms with Gasteiger partial charge in [-0.2, -0.15) is 0 Å². The topological polar surface area (TPSA) is 79.5 Å². The number of hydrogen-bond acceptors (Lipinski definition) is 4. The fraction of sp³-hybridized carbons (Fsp3) is 0.176. The molecule has 3 N–H and O–H groups in total. The van der Waals surface area contributed by atoms with Crippen LogP contribution >= 0.6 is 11.3 Å². The van der Waals surface area contributed by atoms with Gasteiger partial charge in [0.25, 0.3) is 5.91 Å². The van der Waals surface area contributed by atoms with Crippen LogP contribution in [0.15, 0.2) is 53.0 Å². The van der Waals surface area contributed by atoms with Gasteiger partial charge in [-0.3, -0.25) is 4.79 Å². The molecule has 3 rings (SSSR count). The van der Waals surface area contributed by atoms with Gasteiger partial charge in [0, 0.05) is 10.6 Å². The average Bonchev–Trinajstić information content (AvgIpc) is 3.08. The average molecular weight is 343 g/mol. The molecule has 124 valence electrons. The highest BCUT2D eigenvalue weighted by molar-refractivity contribution is 7.10. The Morgan fingerprint density at radius 2 is 2.04 bits per heavy atom. The molecule has 24 heavy (non-hydrogen) atoms. The van der Waals surface area contributed by atoms with Crippen molar-refractivity contribution in [2.24, 2.45) is 0 Å². The maximum atomic E-state index is 12.8. The van der Waals surface area contributed by atoms with E-state index >= 15 is 0 Å². The second-order valence-corrected chi connectivity index (χ2v) is 6.22. The van der Waals surface area contributed by atoms with Crippen molar-refractivity contribution >= 4 is 29.0 Å². The first-order valence-electron chi connectivity index (χ1n) is 7.36. The number of carbonyl (C=O) groups is 2. The minimum Gasteiger partial charge on any atom is -0.495 e. The van der Waals surface area contributed by atoms with Crippen molar-refractivity contribution in [1.82, 2.24) is 10.6 Å². The van der Waals surface area contributed by atoms with Crippen molar-refractivity contribution < 1.29 is 14.3 Å². The Labute approximate surface area is 143 Å². The monoisotopic (exact) mass is 343 g/mol. The van der Waals surface area contributed by atoms with E-state index < -0.39 is 6.04 Å². The van der Waals surface area contributed by atoms with E-state index in [-0.39, 0.29) is 11.9 Å². The molecule has 0 saturated heterocycles. The van der Waals surface area contributed by atoms with Crippen molar-refractivity contribution in [3.8, 4) is 5.75 Å². The van der Waals surface area contributed by atoms with Gasteiger partial charge in [0.15, 0.2) is 0 Å². The fourth-order valence-electron chi connectivity index (χ4n) is 2.60. The summed E-state index contributed by atoms with van der Waals surface area (Å²) in [4.78, 5) is 25.5. The number of carbonyl (C=O) groups excluding carboxylic acids is 2. The van der Waals surface area contributed by atoms with E-state index in [9.17, 15) is 9.59 Å². The summed E-state index contributed by atoms with van der Waals surface area (Å²) in [6.45, 7) is 1.72. The number of anilines is 1. The Bertz CT molecular complexity index is 799. The molecule has 0 fully saturated rings. The maximum Gasteiger partial charge on any atom is 0.319 e. The number of para-hydroxylation sites is 2. The molecule has 6 nitrogen and oxygen atoms in total. The fourth-order valence-corrected chi connectivity index (χ4v) is 3.39. The van der Waals surface area contributed by atoms with Crippen molar-refractivity contribution in [1.29, 1.82) is 0 Å². The van der Waals surface area contributed by atoms with E-state index in [1.165, 1.54) is 11.3 Å². The summed E-state index contributed by atoms with van der Waals surface area (Å²) < 4.78 is 5.26. The first-order chi connectivity index (χ1) is 11.6. The van der Waals surface area contributed by atoms with E-state index in [4.69, 9.17) is 4.74 Å². The number of rotatable bonds is 4. The Hall–Kier alpha value is -2.80. The van der Waals surface area contributed by atoms with Gasteiger partial charge >= 0.3 is 6.03 Å². The summed E-state index contributed by atoms with van der Waals surface area (Å²) in [6.07, 6.45) is 0. The third kappa shape index (κ3) is 3.11. The molecule has 2 aromatic rings. The van der Waals surface area contributed by atoms with Crippen molar-refractivity contribution in [2.75, 3.05) is 12.4 Å².